The molecule has 1 amide bonds. The van der Waals surface area contributed by atoms with E-state index in [1.54, 1.807) is 18.2 Å². The number of carbonyl (C=O) groups is 1. The number of amides is 1. The zero-order chi connectivity index (χ0) is 19.0. The van der Waals surface area contributed by atoms with Crippen molar-refractivity contribution in [3.8, 4) is 17.5 Å². The van der Waals surface area contributed by atoms with Crippen molar-refractivity contribution < 1.29 is 13.8 Å². The SMILES string of the molecule is N#Cc1ccc(NC(=O)c2noc3ccc(Br)cc23)c(-c2noc(=O)[nH]2)c1. The van der Waals surface area contributed by atoms with Crippen molar-refractivity contribution in [3.63, 3.8) is 0 Å². The lowest BCUT2D eigenvalue weighted by molar-refractivity contribution is 0.102. The minimum atomic E-state index is -0.753. The number of benzene rings is 2. The molecule has 4 aromatic rings. The van der Waals surface area contributed by atoms with Gasteiger partial charge in [0, 0.05) is 10.0 Å². The third-order valence-corrected chi connectivity index (χ3v) is 4.23. The van der Waals surface area contributed by atoms with Crippen molar-refractivity contribution in [1.82, 2.24) is 15.3 Å². The van der Waals surface area contributed by atoms with Crippen molar-refractivity contribution >= 4 is 38.5 Å². The molecule has 0 unspecified atom stereocenters. The molecule has 0 spiro atoms. The van der Waals surface area contributed by atoms with Crippen LogP contribution >= 0.6 is 15.9 Å². The number of fused-ring (bicyclic) bond motifs is 1. The van der Waals surface area contributed by atoms with Gasteiger partial charge in [-0.15, -0.1) is 0 Å². The van der Waals surface area contributed by atoms with Crippen molar-refractivity contribution in [2.75, 3.05) is 5.32 Å². The second-order valence-corrected chi connectivity index (χ2v) is 6.36. The highest BCUT2D eigenvalue weighted by Gasteiger charge is 2.19. The first kappa shape index (κ1) is 16.7. The van der Waals surface area contributed by atoms with Gasteiger partial charge in [0.25, 0.3) is 5.91 Å². The Hall–Kier alpha value is -3.71. The summed E-state index contributed by atoms with van der Waals surface area (Å²) in [6.45, 7) is 0. The minimum Gasteiger partial charge on any atom is -0.355 e. The second-order valence-electron chi connectivity index (χ2n) is 5.44. The summed E-state index contributed by atoms with van der Waals surface area (Å²) < 4.78 is 10.4. The monoisotopic (exact) mass is 425 g/mol. The first-order chi connectivity index (χ1) is 13.0. The van der Waals surface area contributed by atoms with Crippen molar-refractivity contribution in [2.45, 2.75) is 0 Å². The number of hydrogen-bond donors (Lipinski definition) is 2. The van der Waals surface area contributed by atoms with Crippen LogP contribution in [0.15, 0.2) is 54.7 Å². The van der Waals surface area contributed by atoms with Crippen molar-refractivity contribution in [1.29, 1.82) is 5.26 Å². The van der Waals surface area contributed by atoms with E-state index < -0.39 is 11.7 Å². The van der Waals surface area contributed by atoms with Gasteiger partial charge in [-0.1, -0.05) is 26.2 Å². The quantitative estimate of drug-likeness (QED) is 0.514. The predicted octanol–water partition coefficient (Wildman–Crippen LogP) is 3.06. The number of carbonyl (C=O) groups excluding carboxylic acids is 1. The molecule has 0 radical (unpaired) electrons. The van der Waals surface area contributed by atoms with E-state index in [-0.39, 0.29) is 11.5 Å². The molecule has 9 nitrogen and oxygen atoms in total. The van der Waals surface area contributed by atoms with Gasteiger partial charge in [-0.05, 0) is 36.4 Å². The highest BCUT2D eigenvalue weighted by molar-refractivity contribution is 9.10. The van der Waals surface area contributed by atoms with E-state index >= 15 is 0 Å². The molecular formula is C17H8BrN5O4. The Morgan fingerprint density at radius 1 is 1.19 bits per heavy atom. The number of H-pyrrole nitrogens is 1. The van der Waals surface area contributed by atoms with Crippen LogP contribution in [-0.2, 0) is 0 Å². The van der Waals surface area contributed by atoms with Crippen LogP contribution in [0.25, 0.3) is 22.4 Å². The van der Waals surface area contributed by atoms with Gasteiger partial charge < -0.3 is 9.84 Å². The number of hydrogen-bond acceptors (Lipinski definition) is 7. The molecule has 2 aromatic heterocycles. The topological polar surface area (TPSA) is 138 Å². The highest BCUT2D eigenvalue weighted by atomic mass is 79.9. The van der Waals surface area contributed by atoms with Crippen LogP contribution in [0, 0.1) is 11.3 Å². The Morgan fingerprint density at radius 3 is 2.78 bits per heavy atom. The summed E-state index contributed by atoms with van der Waals surface area (Å²) in [5.41, 5.74) is 1.51. The molecule has 2 N–H and O–H groups in total. The number of aromatic amines is 1. The molecule has 0 aliphatic carbocycles. The fraction of sp³-hybridized carbons (Fsp3) is 0. The van der Waals surface area contributed by atoms with Gasteiger partial charge in [0.2, 0.25) is 0 Å². The Morgan fingerprint density at radius 2 is 2.04 bits per heavy atom. The lowest BCUT2D eigenvalue weighted by atomic mass is 10.1. The number of aromatic nitrogens is 3. The van der Waals surface area contributed by atoms with Gasteiger partial charge in [-0.3, -0.25) is 14.3 Å². The molecule has 0 aliphatic heterocycles. The number of nitrogens with one attached hydrogen (secondary N) is 2. The van der Waals surface area contributed by atoms with Gasteiger partial charge in [-0.25, -0.2) is 4.79 Å². The molecule has 0 atom stereocenters. The van der Waals surface area contributed by atoms with Gasteiger partial charge in [0.05, 0.1) is 22.7 Å². The lowest BCUT2D eigenvalue weighted by Crippen LogP contribution is -2.13. The van der Waals surface area contributed by atoms with E-state index in [1.807, 2.05) is 6.07 Å². The Balaban J connectivity index is 1.75. The number of nitriles is 1. The van der Waals surface area contributed by atoms with Crippen molar-refractivity contribution in [2.24, 2.45) is 0 Å². The molecule has 2 aromatic carbocycles. The normalized spacial score (nSPS) is 10.7. The van der Waals surface area contributed by atoms with E-state index in [4.69, 9.17) is 9.78 Å². The summed E-state index contributed by atoms with van der Waals surface area (Å²) >= 11 is 3.34. The standard InChI is InChI=1S/C17H8BrN5O4/c18-9-2-4-13-11(6-9)14(22-26-13)16(24)20-12-3-1-8(7-19)5-10(12)15-21-17(25)27-23-15/h1-6H,(H,20,24)(H,21,23,25). The van der Waals surface area contributed by atoms with Gasteiger partial charge in [0.1, 0.15) is 0 Å². The van der Waals surface area contributed by atoms with E-state index in [2.05, 4.69) is 41.1 Å². The maximum absolute atomic E-state index is 12.7. The number of rotatable bonds is 3. The van der Waals surface area contributed by atoms with Crippen LogP contribution in [0.5, 0.6) is 0 Å². The summed E-state index contributed by atoms with van der Waals surface area (Å²) in [5, 5.41) is 19.8. The fourth-order valence-corrected chi connectivity index (χ4v) is 2.88. The molecule has 132 valence electrons. The third kappa shape index (κ3) is 3.11. The van der Waals surface area contributed by atoms with E-state index in [0.717, 1.165) is 4.47 Å². The summed E-state index contributed by atoms with van der Waals surface area (Å²) in [6.07, 6.45) is 0. The lowest BCUT2D eigenvalue weighted by Gasteiger charge is -2.08. The number of anilines is 1. The average molecular weight is 426 g/mol. The summed E-state index contributed by atoms with van der Waals surface area (Å²) in [7, 11) is 0. The zero-order valence-electron chi connectivity index (χ0n) is 13.3. The maximum atomic E-state index is 12.7. The summed E-state index contributed by atoms with van der Waals surface area (Å²) in [5.74, 6) is -1.19. The van der Waals surface area contributed by atoms with Crippen molar-refractivity contribution in [3.05, 3.63) is 62.7 Å². The number of nitrogens with zero attached hydrogens (tertiary/aromatic N) is 3. The molecule has 0 saturated heterocycles. The molecular weight excluding hydrogens is 418 g/mol. The Labute approximate surface area is 158 Å². The van der Waals surface area contributed by atoms with Crippen LogP contribution < -0.4 is 11.1 Å². The second kappa shape index (κ2) is 6.54. The van der Waals surface area contributed by atoms with Gasteiger partial charge in [-0.2, -0.15) is 5.26 Å². The van der Waals surface area contributed by atoms with E-state index in [9.17, 15) is 9.59 Å². The largest absolute Gasteiger partial charge is 0.439 e. The first-order valence-corrected chi connectivity index (χ1v) is 8.31. The molecule has 0 aliphatic rings. The smallest absolute Gasteiger partial charge is 0.355 e. The summed E-state index contributed by atoms with van der Waals surface area (Å²) in [6, 6.07) is 11.7. The highest BCUT2D eigenvalue weighted by Crippen LogP contribution is 2.28. The molecule has 27 heavy (non-hydrogen) atoms. The molecule has 0 fully saturated rings. The van der Waals surface area contributed by atoms with Crippen LogP contribution in [0.3, 0.4) is 0 Å². The third-order valence-electron chi connectivity index (χ3n) is 3.74. The summed E-state index contributed by atoms with van der Waals surface area (Å²) in [4.78, 5) is 26.4. The van der Waals surface area contributed by atoms with Crippen LogP contribution in [0.2, 0.25) is 0 Å². The van der Waals surface area contributed by atoms with Gasteiger partial charge in [0.15, 0.2) is 17.1 Å². The Kier molecular flexibility index (Phi) is 4.06. The maximum Gasteiger partial charge on any atom is 0.439 e. The molecule has 4 rings (SSSR count). The number of halogens is 1. The van der Waals surface area contributed by atoms with Crippen LogP contribution in [-0.4, -0.2) is 21.2 Å². The Bertz CT molecular complexity index is 1280. The molecule has 10 heteroatoms. The molecule has 2 heterocycles. The average Bonchev–Trinajstić information content (AvgIpc) is 3.28. The minimum absolute atomic E-state index is 0.0835. The van der Waals surface area contributed by atoms with Crippen LogP contribution in [0.1, 0.15) is 16.1 Å². The van der Waals surface area contributed by atoms with E-state index in [0.29, 0.717) is 27.8 Å². The van der Waals surface area contributed by atoms with E-state index in [1.165, 1.54) is 18.2 Å². The van der Waals surface area contributed by atoms with Gasteiger partial charge >= 0.3 is 5.76 Å². The zero-order valence-corrected chi connectivity index (χ0v) is 14.9. The molecule has 0 bridgehead atoms. The molecule has 0 saturated carbocycles. The first-order valence-electron chi connectivity index (χ1n) is 7.52. The predicted molar refractivity (Wildman–Crippen MR) is 96.9 cm³/mol. The van der Waals surface area contributed by atoms with Crippen LogP contribution in [0.4, 0.5) is 5.69 Å². The fourth-order valence-electron chi connectivity index (χ4n) is 2.52.